The maximum Gasteiger partial charge on any atom is 0.323 e. The second-order valence-corrected chi connectivity index (χ2v) is 7.10. The third-order valence-corrected chi connectivity index (χ3v) is 5.57. The molecule has 13 heteroatoms. The van der Waals surface area contributed by atoms with E-state index in [-0.39, 0.29) is 24.2 Å². The molecule has 1 amide bonds. The number of thioether (sulfide) groups is 1. The Morgan fingerprint density at radius 1 is 1.12 bits per heavy atom. The van der Waals surface area contributed by atoms with Gasteiger partial charge in [-0.2, -0.15) is 0 Å². The fraction of sp³-hybridized carbons (Fsp3) is 0.182. The summed E-state index contributed by atoms with van der Waals surface area (Å²) in [6.45, 7) is -1.35. The van der Waals surface area contributed by atoms with Crippen LogP contribution in [0.2, 0.25) is 0 Å². The quantitative estimate of drug-likeness (QED) is 0.389. The van der Waals surface area contributed by atoms with E-state index in [1.807, 2.05) is 0 Å². The van der Waals surface area contributed by atoms with Crippen LogP contribution in [0.15, 0.2) is 4.79 Å². The van der Waals surface area contributed by atoms with E-state index in [0.717, 1.165) is 32.6 Å². The lowest BCUT2D eigenvalue weighted by atomic mass is 10.4. The molecule has 0 unspecified atom stereocenters. The average Bonchev–Trinajstić information content (AvgIpc) is 2.91. The van der Waals surface area contributed by atoms with Gasteiger partial charge < -0.3 is 21.7 Å². The van der Waals surface area contributed by atoms with Gasteiger partial charge in [0.1, 0.15) is 37.3 Å². The molecule has 0 spiro atoms. The van der Waals surface area contributed by atoms with Crippen molar-refractivity contribution in [1.82, 2.24) is 9.47 Å². The summed E-state index contributed by atoms with van der Waals surface area (Å²) in [6.07, 6.45) is 0. The van der Waals surface area contributed by atoms with E-state index in [1.165, 1.54) is 0 Å². The number of rotatable bonds is 4. The number of carboxylic acid groups (broad SMARTS) is 2. The molecule has 2 rings (SSSR count). The second kappa shape index (κ2) is 6.62. The molecule has 24 heavy (non-hydrogen) atoms. The smallest absolute Gasteiger partial charge is 0.323 e. The molecule has 1 aliphatic rings. The summed E-state index contributed by atoms with van der Waals surface area (Å²) in [5.74, 6) is -3.60. The van der Waals surface area contributed by atoms with Gasteiger partial charge in [-0.25, -0.2) is 0 Å². The highest BCUT2D eigenvalue weighted by Crippen LogP contribution is 2.30. The SMILES string of the molecule is NC(N)=c1s/c(=C2\SC(=S)N(CC(=O)O)C2=O)n(CC(=O)O)c1=O. The maximum atomic E-state index is 12.4. The van der Waals surface area contributed by atoms with Crippen LogP contribution < -0.4 is 26.2 Å². The van der Waals surface area contributed by atoms with E-state index in [2.05, 4.69) is 0 Å². The van der Waals surface area contributed by atoms with Gasteiger partial charge in [-0.3, -0.25) is 28.6 Å². The zero-order chi connectivity index (χ0) is 18.2. The lowest BCUT2D eigenvalue weighted by Crippen LogP contribution is -2.38. The van der Waals surface area contributed by atoms with Crippen molar-refractivity contribution in [3.05, 3.63) is 19.5 Å². The molecule has 2 heterocycles. The number of hydrogen-bond acceptors (Lipinski definition) is 9. The van der Waals surface area contributed by atoms with Gasteiger partial charge in [0, 0.05) is 0 Å². The standard InChI is InChI=1S/C11H10N4O6S3/c12-7(13)5-8(20)14(1-3(16)17)10(23-5)6-9(21)15(2-4(18)19)11(22)24-6/h1-2,12-13H2,(H,16,17)(H,18,19)/b10-6-. The van der Waals surface area contributed by atoms with Gasteiger partial charge in [0.25, 0.3) is 11.5 Å². The van der Waals surface area contributed by atoms with E-state index >= 15 is 0 Å². The van der Waals surface area contributed by atoms with Crippen molar-refractivity contribution < 1.29 is 24.6 Å². The molecular formula is C11H10N4O6S3. The Morgan fingerprint density at radius 2 is 1.71 bits per heavy atom. The van der Waals surface area contributed by atoms with Crippen molar-refractivity contribution in [2.45, 2.75) is 6.54 Å². The molecule has 128 valence electrons. The average molecular weight is 390 g/mol. The molecule has 0 aromatic carbocycles. The summed E-state index contributed by atoms with van der Waals surface area (Å²) in [4.78, 5) is 47.2. The van der Waals surface area contributed by atoms with Crippen LogP contribution in [0.25, 0.3) is 10.7 Å². The molecule has 0 radical (unpaired) electrons. The highest BCUT2D eigenvalue weighted by molar-refractivity contribution is 8.30. The van der Waals surface area contributed by atoms with Crippen LogP contribution in [0.4, 0.5) is 0 Å². The lowest BCUT2D eigenvalue weighted by Gasteiger charge is -2.10. The Morgan fingerprint density at radius 3 is 2.21 bits per heavy atom. The molecule has 1 saturated heterocycles. The fourth-order valence-corrected chi connectivity index (χ4v) is 4.26. The first-order chi connectivity index (χ1) is 11.1. The molecule has 1 aromatic heterocycles. The monoisotopic (exact) mass is 390 g/mol. The van der Waals surface area contributed by atoms with E-state index in [0.29, 0.717) is 0 Å². The molecule has 1 aliphatic heterocycles. The minimum absolute atomic E-state index is 0.00799. The Labute approximate surface area is 146 Å². The zero-order valence-electron chi connectivity index (χ0n) is 11.7. The van der Waals surface area contributed by atoms with Crippen molar-refractivity contribution >= 4 is 68.2 Å². The number of thiocarbonyl (C=S) groups is 1. The van der Waals surface area contributed by atoms with E-state index in [4.69, 9.17) is 33.9 Å². The lowest BCUT2D eigenvalue weighted by molar-refractivity contribution is -0.140. The highest BCUT2D eigenvalue weighted by atomic mass is 32.2. The number of thiazole rings is 1. The highest BCUT2D eigenvalue weighted by Gasteiger charge is 2.35. The van der Waals surface area contributed by atoms with Crippen molar-refractivity contribution in [3.8, 4) is 0 Å². The van der Waals surface area contributed by atoms with Gasteiger partial charge in [0.05, 0.1) is 0 Å². The van der Waals surface area contributed by atoms with Crippen LogP contribution in [0.5, 0.6) is 0 Å². The van der Waals surface area contributed by atoms with E-state index in [9.17, 15) is 19.2 Å². The predicted octanol–water partition coefficient (Wildman–Crippen LogP) is -2.97. The Bertz CT molecular complexity index is 942. The molecule has 1 fully saturated rings. The molecule has 10 nitrogen and oxygen atoms in total. The van der Waals surface area contributed by atoms with Gasteiger partial charge in [-0.05, 0) is 0 Å². The largest absolute Gasteiger partial charge is 0.480 e. The number of amides is 1. The summed E-state index contributed by atoms with van der Waals surface area (Å²) in [6, 6.07) is 0. The number of carbonyl (C=O) groups is 3. The number of aromatic nitrogens is 1. The molecule has 0 atom stereocenters. The second-order valence-electron chi connectivity index (χ2n) is 4.46. The zero-order valence-corrected chi connectivity index (χ0v) is 14.2. The minimum Gasteiger partial charge on any atom is -0.480 e. The summed E-state index contributed by atoms with van der Waals surface area (Å²) < 4.78 is 0.743. The molecule has 0 saturated carbocycles. The number of hydrogen-bond donors (Lipinski definition) is 4. The molecule has 6 N–H and O–H groups in total. The number of carbonyl (C=O) groups excluding carboxylic acids is 1. The molecular weight excluding hydrogens is 380 g/mol. The van der Waals surface area contributed by atoms with Crippen molar-refractivity contribution in [2.75, 3.05) is 6.54 Å². The van der Waals surface area contributed by atoms with Gasteiger partial charge in [-0.1, -0.05) is 24.0 Å². The van der Waals surface area contributed by atoms with Gasteiger partial charge in [0.15, 0.2) is 0 Å². The van der Waals surface area contributed by atoms with Crippen LogP contribution in [0.1, 0.15) is 0 Å². The first kappa shape index (κ1) is 18.0. The van der Waals surface area contributed by atoms with Gasteiger partial charge >= 0.3 is 11.9 Å². The van der Waals surface area contributed by atoms with E-state index in [1.54, 1.807) is 0 Å². The first-order valence-corrected chi connectivity index (χ1v) is 8.14. The predicted molar refractivity (Wildman–Crippen MR) is 90.2 cm³/mol. The summed E-state index contributed by atoms with van der Waals surface area (Å²) in [7, 11) is 0. The fourth-order valence-electron chi connectivity index (χ4n) is 1.84. The topological polar surface area (TPSA) is 169 Å². The molecule has 0 bridgehead atoms. The number of nitrogens with zero attached hydrogens (tertiary/aromatic N) is 2. The Kier molecular flexibility index (Phi) is 4.96. The van der Waals surface area contributed by atoms with Gasteiger partial charge in [-0.15, -0.1) is 11.3 Å². The summed E-state index contributed by atoms with van der Waals surface area (Å²) in [5.41, 5.74) is 10.1. The minimum atomic E-state index is -1.31. The first-order valence-electron chi connectivity index (χ1n) is 6.10. The van der Waals surface area contributed by atoms with Crippen LogP contribution >= 0.6 is 35.3 Å². The van der Waals surface area contributed by atoms with Crippen LogP contribution in [0.3, 0.4) is 0 Å². The molecule has 0 aliphatic carbocycles. The van der Waals surface area contributed by atoms with E-state index < -0.39 is 36.5 Å². The maximum absolute atomic E-state index is 12.4. The van der Waals surface area contributed by atoms with Crippen LogP contribution in [0, 0.1) is 0 Å². The third-order valence-electron chi connectivity index (χ3n) is 2.78. The van der Waals surface area contributed by atoms with Gasteiger partial charge in [0.2, 0.25) is 0 Å². The molecule has 1 aromatic rings. The Hall–Kier alpha value is -2.38. The van der Waals surface area contributed by atoms with Crippen molar-refractivity contribution in [3.63, 3.8) is 0 Å². The number of carboxylic acids is 2. The summed E-state index contributed by atoms with van der Waals surface area (Å²) in [5, 5.41) is 17.8. The van der Waals surface area contributed by atoms with Crippen LogP contribution in [-0.2, 0) is 20.9 Å². The summed E-state index contributed by atoms with van der Waals surface area (Å²) >= 11 is 6.49. The Balaban J connectivity index is 2.76. The van der Waals surface area contributed by atoms with Crippen molar-refractivity contribution in [2.24, 2.45) is 11.5 Å². The van der Waals surface area contributed by atoms with Crippen LogP contribution in [-0.4, -0.2) is 48.4 Å². The normalized spacial score (nSPS) is 16.6. The number of aliphatic carboxylic acids is 2. The number of nitrogens with two attached hydrogens (primary N) is 2. The third kappa shape index (κ3) is 3.27. The van der Waals surface area contributed by atoms with Crippen molar-refractivity contribution in [1.29, 1.82) is 0 Å².